The number of hydrogen-bond donors (Lipinski definition) is 1. The minimum absolute atomic E-state index is 0.0598. The third kappa shape index (κ3) is 3.57. The Labute approximate surface area is 148 Å². The summed E-state index contributed by atoms with van der Waals surface area (Å²) in [4.78, 5) is 12.9. The number of benzene rings is 1. The molecule has 0 saturated heterocycles. The van der Waals surface area contributed by atoms with Crippen LogP contribution in [-0.2, 0) is 11.2 Å². The van der Waals surface area contributed by atoms with Crippen LogP contribution in [-0.4, -0.2) is 25.7 Å². The number of hydrogen-bond acceptors (Lipinski definition) is 5. The van der Waals surface area contributed by atoms with E-state index < -0.39 is 0 Å². The third-order valence-corrected chi connectivity index (χ3v) is 4.81. The SMILES string of the molecule is Cc1ccc(Cl)cc1NC(=O)CCc1nn2c(C(C)C)nnc2s1. The number of nitrogens with one attached hydrogen (secondary N) is 1. The van der Waals surface area contributed by atoms with E-state index in [2.05, 4.69) is 34.5 Å². The number of amides is 1. The number of anilines is 1. The Morgan fingerprint density at radius 2 is 2.17 bits per heavy atom. The average Bonchev–Trinajstić information content (AvgIpc) is 3.08. The van der Waals surface area contributed by atoms with Crippen molar-refractivity contribution in [2.24, 2.45) is 0 Å². The van der Waals surface area contributed by atoms with Crippen molar-refractivity contribution in [1.82, 2.24) is 19.8 Å². The second-order valence-electron chi connectivity index (χ2n) is 5.91. The minimum atomic E-state index is -0.0598. The van der Waals surface area contributed by atoms with Crippen LogP contribution in [0, 0.1) is 6.92 Å². The zero-order valence-corrected chi connectivity index (χ0v) is 15.3. The third-order valence-electron chi connectivity index (χ3n) is 3.61. The van der Waals surface area contributed by atoms with Crippen LogP contribution in [0.15, 0.2) is 18.2 Å². The molecule has 0 unspecified atom stereocenters. The van der Waals surface area contributed by atoms with Crippen molar-refractivity contribution in [3.05, 3.63) is 39.6 Å². The Hall–Kier alpha value is -1.99. The first-order chi connectivity index (χ1) is 11.4. The molecule has 3 aromatic rings. The molecule has 2 aromatic heterocycles. The van der Waals surface area contributed by atoms with Crippen molar-refractivity contribution in [3.8, 4) is 0 Å². The second kappa shape index (κ2) is 6.86. The van der Waals surface area contributed by atoms with Crippen LogP contribution in [0.2, 0.25) is 5.02 Å². The summed E-state index contributed by atoms with van der Waals surface area (Å²) in [6.45, 7) is 6.04. The first-order valence-corrected chi connectivity index (χ1v) is 8.90. The van der Waals surface area contributed by atoms with Gasteiger partial charge in [-0.15, -0.1) is 10.2 Å². The van der Waals surface area contributed by atoms with Gasteiger partial charge >= 0.3 is 0 Å². The van der Waals surface area contributed by atoms with Crippen molar-refractivity contribution in [2.45, 2.75) is 39.5 Å². The number of carbonyl (C=O) groups excluding carboxylic acids is 1. The molecule has 0 fully saturated rings. The summed E-state index contributed by atoms with van der Waals surface area (Å²) in [6.07, 6.45) is 0.921. The van der Waals surface area contributed by atoms with Gasteiger partial charge in [0.05, 0.1) is 0 Å². The summed E-state index contributed by atoms with van der Waals surface area (Å²) in [6, 6.07) is 5.44. The van der Waals surface area contributed by atoms with Gasteiger partial charge in [0.1, 0.15) is 5.01 Å². The maximum atomic E-state index is 12.2. The summed E-state index contributed by atoms with van der Waals surface area (Å²) in [7, 11) is 0. The first kappa shape index (κ1) is 16.9. The molecule has 1 aromatic carbocycles. The summed E-state index contributed by atoms with van der Waals surface area (Å²) in [5.41, 5.74) is 1.72. The molecule has 2 heterocycles. The zero-order chi connectivity index (χ0) is 17.3. The fraction of sp³-hybridized carbons (Fsp3) is 0.375. The van der Waals surface area contributed by atoms with E-state index in [0.717, 1.165) is 27.0 Å². The maximum absolute atomic E-state index is 12.2. The van der Waals surface area contributed by atoms with Gasteiger partial charge in [-0.05, 0) is 24.6 Å². The number of aryl methyl sites for hydroxylation is 2. The Balaban J connectivity index is 1.65. The molecule has 6 nitrogen and oxygen atoms in total. The van der Waals surface area contributed by atoms with E-state index in [1.54, 1.807) is 16.6 Å². The van der Waals surface area contributed by atoms with E-state index in [9.17, 15) is 4.79 Å². The lowest BCUT2D eigenvalue weighted by molar-refractivity contribution is -0.116. The van der Waals surface area contributed by atoms with Crippen molar-refractivity contribution >= 4 is 39.5 Å². The summed E-state index contributed by atoms with van der Waals surface area (Å²) in [5, 5.41) is 17.2. The lowest BCUT2D eigenvalue weighted by atomic mass is 10.2. The van der Waals surface area contributed by atoms with Gasteiger partial charge < -0.3 is 5.32 Å². The van der Waals surface area contributed by atoms with E-state index >= 15 is 0 Å². The van der Waals surface area contributed by atoms with Crippen LogP contribution >= 0.6 is 22.9 Å². The van der Waals surface area contributed by atoms with Crippen LogP contribution in [0.1, 0.15) is 42.6 Å². The van der Waals surface area contributed by atoms with Gasteiger partial charge in [-0.2, -0.15) is 9.61 Å². The smallest absolute Gasteiger partial charge is 0.234 e. The quantitative estimate of drug-likeness (QED) is 0.747. The number of fused-ring (bicyclic) bond motifs is 1. The van der Waals surface area contributed by atoms with Gasteiger partial charge in [0.2, 0.25) is 10.9 Å². The molecule has 1 N–H and O–H groups in total. The lowest BCUT2D eigenvalue weighted by Crippen LogP contribution is -2.13. The molecule has 0 aliphatic carbocycles. The molecule has 0 saturated carbocycles. The highest BCUT2D eigenvalue weighted by Gasteiger charge is 2.15. The molecule has 3 rings (SSSR count). The molecule has 8 heteroatoms. The highest BCUT2D eigenvalue weighted by atomic mass is 35.5. The van der Waals surface area contributed by atoms with Crippen molar-refractivity contribution in [2.75, 3.05) is 5.32 Å². The van der Waals surface area contributed by atoms with Crippen molar-refractivity contribution in [3.63, 3.8) is 0 Å². The Kier molecular flexibility index (Phi) is 4.82. The van der Waals surface area contributed by atoms with Crippen molar-refractivity contribution < 1.29 is 4.79 Å². The predicted octanol–water partition coefficient (Wildman–Crippen LogP) is 3.84. The number of nitrogens with zero attached hydrogens (tertiary/aromatic N) is 4. The van der Waals surface area contributed by atoms with Crippen LogP contribution in [0.5, 0.6) is 0 Å². The molecule has 1 amide bonds. The molecule has 0 aliphatic heterocycles. The second-order valence-corrected chi connectivity index (χ2v) is 7.39. The molecular weight excluding hydrogens is 346 g/mol. The van der Waals surface area contributed by atoms with Crippen LogP contribution in [0.3, 0.4) is 0 Å². The monoisotopic (exact) mass is 363 g/mol. The maximum Gasteiger partial charge on any atom is 0.234 e. The fourth-order valence-corrected chi connectivity index (χ4v) is 3.31. The summed E-state index contributed by atoms with van der Waals surface area (Å²) >= 11 is 7.44. The molecule has 24 heavy (non-hydrogen) atoms. The van der Waals surface area contributed by atoms with Crippen LogP contribution in [0.4, 0.5) is 5.69 Å². The van der Waals surface area contributed by atoms with Crippen LogP contribution in [0.25, 0.3) is 4.96 Å². The average molecular weight is 364 g/mol. The highest BCUT2D eigenvalue weighted by Crippen LogP contribution is 2.22. The van der Waals surface area contributed by atoms with Gasteiger partial charge in [-0.3, -0.25) is 4.79 Å². The first-order valence-electron chi connectivity index (χ1n) is 7.71. The van der Waals surface area contributed by atoms with Gasteiger partial charge in [0.15, 0.2) is 5.82 Å². The highest BCUT2D eigenvalue weighted by molar-refractivity contribution is 7.16. The van der Waals surface area contributed by atoms with Gasteiger partial charge in [0, 0.05) is 29.5 Å². The van der Waals surface area contributed by atoms with E-state index in [1.165, 1.54) is 11.3 Å². The lowest BCUT2D eigenvalue weighted by Gasteiger charge is -2.08. The molecule has 126 valence electrons. The van der Waals surface area contributed by atoms with Gasteiger partial charge in [0.25, 0.3) is 0 Å². The minimum Gasteiger partial charge on any atom is -0.326 e. The Morgan fingerprint density at radius 1 is 1.38 bits per heavy atom. The van der Waals surface area contributed by atoms with E-state index in [0.29, 0.717) is 17.9 Å². The van der Waals surface area contributed by atoms with Gasteiger partial charge in [-0.1, -0.05) is 42.9 Å². The number of carbonyl (C=O) groups is 1. The van der Waals surface area contributed by atoms with Gasteiger partial charge in [-0.25, -0.2) is 0 Å². The molecule has 0 radical (unpaired) electrons. The van der Waals surface area contributed by atoms with Crippen LogP contribution < -0.4 is 5.32 Å². The Bertz CT molecular complexity index is 886. The summed E-state index contributed by atoms with van der Waals surface area (Å²) < 4.78 is 1.77. The number of rotatable bonds is 5. The molecule has 0 atom stereocenters. The summed E-state index contributed by atoms with van der Waals surface area (Å²) in [5.74, 6) is 1.03. The van der Waals surface area contributed by atoms with Crippen molar-refractivity contribution in [1.29, 1.82) is 0 Å². The Morgan fingerprint density at radius 3 is 2.92 bits per heavy atom. The van der Waals surface area contributed by atoms with E-state index in [4.69, 9.17) is 11.6 Å². The number of aromatic nitrogens is 4. The molecular formula is C16H18ClN5OS. The normalized spacial score (nSPS) is 11.4. The fourth-order valence-electron chi connectivity index (χ4n) is 2.29. The number of halogens is 1. The van der Waals surface area contributed by atoms with E-state index in [-0.39, 0.29) is 11.8 Å². The predicted molar refractivity (Wildman–Crippen MR) is 95.9 cm³/mol. The molecule has 0 spiro atoms. The molecule has 0 bridgehead atoms. The standard InChI is InChI=1S/C16H18ClN5OS/c1-9(2)15-19-20-16-22(15)21-14(24-16)7-6-13(23)18-12-8-11(17)5-4-10(12)3/h4-5,8-9H,6-7H2,1-3H3,(H,18,23). The topological polar surface area (TPSA) is 72.2 Å². The largest absolute Gasteiger partial charge is 0.326 e. The van der Waals surface area contributed by atoms with E-state index in [1.807, 2.05) is 13.0 Å². The zero-order valence-electron chi connectivity index (χ0n) is 13.7. The molecule has 0 aliphatic rings.